The van der Waals surface area contributed by atoms with Crippen LogP contribution < -0.4 is 9.47 Å². The molecule has 7 heteroatoms. The van der Waals surface area contributed by atoms with E-state index in [1.807, 2.05) is 0 Å². The summed E-state index contributed by atoms with van der Waals surface area (Å²) < 4.78 is 9.84. The summed E-state index contributed by atoms with van der Waals surface area (Å²) in [5, 5.41) is 19.9. The third-order valence-corrected chi connectivity index (χ3v) is 3.21. The Morgan fingerprint density at radius 2 is 1.42 bits per heavy atom. The van der Waals surface area contributed by atoms with Crippen LogP contribution >= 0.6 is 0 Å². The van der Waals surface area contributed by atoms with Crippen molar-refractivity contribution in [2.45, 2.75) is 0 Å². The first-order valence-electron chi connectivity index (χ1n) is 7.26. The topological polar surface area (TPSA) is 110 Å². The Labute approximate surface area is 148 Å². The van der Waals surface area contributed by atoms with Gasteiger partial charge in [-0.15, -0.1) is 0 Å². The molecule has 0 saturated carbocycles. The molecule has 2 aromatic rings. The molecular weight excluding hydrogens is 340 g/mol. The van der Waals surface area contributed by atoms with E-state index in [2.05, 4.69) is 13.2 Å². The van der Waals surface area contributed by atoms with Crippen LogP contribution in [0.4, 0.5) is 0 Å². The van der Waals surface area contributed by atoms with Crippen LogP contribution in [0.1, 0.15) is 15.9 Å². The number of hydrogen-bond donors (Lipinski definition) is 2. The van der Waals surface area contributed by atoms with Gasteiger partial charge in [0.05, 0.1) is 5.56 Å². The minimum atomic E-state index is -1.00. The van der Waals surface area contributed by atoms with Crippen LogP contribution in [-0.2, 0) is 9.59 Å². The molecule has 0 spiro atoms. The number of aromatic hydroxyl groups is 2. The normalized spacial score (nSPS) is 9.85. The van der Waals surface area contributed by atoms with Crippen molar-refractivity contribution >= 4 is 17.7 Å². The highest BCUT2D eigenvalue weighted by molar-refractivity contribution is 6.12. The van der Waals surface area contributed by atoms with Gasteiger partial charge in [-0.1, -0.05) is 43.5 Å². The predicted octanol–water partition coefficient (Wildman–Crippen LogP) is 2.51. The van der Waals surface area contributed by atoms with Gasteiger partial charge in [-0.25, -0.2) is 9.59 Å². The van der Waals surface area contributed by atoms with Crippen LogP contribution in [0, 0.1) is 0 Å². The van der Waals surface area contributed by atoms with Crippen LogP contribution in [-0.4, -0.2) is 27.9 Å². The van der Waals surface area contributed by atoms with Crippen LogP contribution in [0.3, 0.4) is 0 Å². The summed E-state index contributed by atoms with van der Waals surface area (Å²) in [5.41, 5.74) is -0.0805. The van der Waals surface area contributed by atoms with Crippen molar-refractivity contribution in [2.75, 3.05) is 0 Å². The van der Waals surface area contributed by atoms with E-state index in [0.717, 1.165) is 18.2 Å². The fraction of sp³-hybridized carbons (Fsp3) is 0. The Morgan fingerprint density at radius 1 is 0.885 bits per heavy atom. The van der Waals surface area contributed by atoms with Gasteiger partial charge < -0.3 is 19.7 Å². The minimum absolute atomic E-state index is 0.217. The smallest absolute Gasteiger partial charge is 0.335 e. The number of rotatable bonds is 6. The van der Waals surface area contributed by atoms with E-state index >= 15 is 0 Å². The van der Waals surface area contributed by atoms with E-state index < -0.39 is 40.7 Å². The van der Waals surface area contributed by atoms with E-state index in [9.17, 15) is 24.6 Å². The quantitative estimate of drug-likeness (QED) is 0.270. The van der Waals surface area contributed by atoms with Gasteiger partial charge in [-0.05, 0) is 6.07 Å². The maximum absolute atomic E-state index is 12.7. The highest BCUT2D eigenvalue weighted by atomic mass is 16.6. The fourth-order valence-electron chi connectivity index (χ4n) is 2.01. The Bertz CT molecular complexity index is 898. The van der Waals surface area contributed by atoms with Gasteiger partial charge in [0.25, 0.3) is 0 Å². The predicted molar refractivity (Wildman–Crippen MR) is 91.3 cm³/mol. The lowest BCUT2D eigenvalue weighted by Gasteiger charge is -2.15. The van der Waals surface area contributed by atoms with Gasteiger partial charge in [0.15, 0.2) is 17.3 Å². The molecule has 26 heavy (non-hydrogen) atoms. The Morgan fingerprint density at radius 3 is 1.96 bits per heavy atom. The number of ketones is 1. The molecule has 132 valence electrons. The number of benzene rings is 2. The molecule has 0 aromatic heterocycles. The minimum Gasteiger partial charge on any atom is -0.504 e. The molecule has 0 fully saturated rings. The number of carbonyl (C=O) groups is 3. The zero-order chi connectivity index (χ0) is 19.3. The number of phenols is 2. The summed E-state index contributed by atoms with van der Waals surface area (Å²) in [7, 11) is 0. The third-order valence-electron chi connectivity index (χ3n) is 3.21. The van der Waals surface area contributed by atoms with E-state index in [0.29, 0.717) is 0 Å². The lowest BCUT2D eigenvalue weighted by Crippen LogP contribution is -2.13. The van der Waals surface area contributed by atoms with Crippen molar-refractivity contribution in [3.8, 4) is 23.0 Å². The second-order valence-electron chi connectivity index (χ2n) is 4.90. The number of hydrogen-bond acceptors (Lipinski definition) is 7. The molecule has 0 aliphatic carbocycles. The van der Waals surface area contributed by atoms with Gasteiger partial charge in [-0.3, -0.25) is 4.79 Å². The van der Waals surface area contributed by atoms with Gasteiger partial charge in [0.1, 0.15) is 0 Å². The largest absolute Gasteiger partial charge is 0.504 e. The van der Waals surface area contributed by atoms with Gasteiger partial charge in [-0.2, -0.15) is 0 Å². The van der Waals surface area contributed by atoms with Crippen LogP contribution in [0.5, 0.6) is 23.0 Å². The zero-order valence-corrected chi connectivity index (χ0v) is 13.5. The summed E-state index contributed by atoms with van der Waals surface area (Å²) >= 11 is 0. The second kappa shape index (κ2) is 7.80. The van der Waals surface area contributed by atoms with E-state index in [1.165, 1.54) is 12.1 Å². The van der Waals surface area contributed by atoms with Crippen LogP contribution in [0.2, 0.25) is 0 Å². The first-order valence-corrected chi connectivity index (χ1v) is 7.26. The lowest BCUT2D eigenvalue weighted by atomic mass is 10.0. The van der Waals surface area contributed by atoms with Crippen molar-refractivity contribution in [3.63, 3.8) is 0 Å². The Balaban J connectivity index is 2.70. The van der Waals surface area contributed by atoms with Crippen molar-refractivity contribution in [3.05, 3.63) is 72.8 Å². The molecule has 0 aliphatic heterocycles. The molecule has 2 aromatic carbocycles. The SMILES string of the molecule is C=CC(=O)Oc1c(C(=O)c2ccccc2)cc(O)c(O)c1OC(=O)C=C. The number of ether oxygens (including phenoxy) is 2. The molecular formula is C19H14O7. The molecule has 0 bridgehead atoms. The standard InChI is InChI=1S/C19H14O7/c1-3-14(21)25-18-12(16(23)11-8-6-5-7-9-11)10-13(20)17(24)19(18)26-15(22)4-2/h3-10,20,24H,1-2H2. The Kier molecular flexibility index (Phi) is 5.54. The lowest BCUT2D eigenvalue weighted by molar-refractivity contribution is -0.131. The molecule has 0 amide bonds. The average molecular weight is 354 g/mol. The zero-order valence-electron chi connectivity index (χ0n) is 13.5. The average Bonchev–Trinajstić information content (AvgIpc) is 2.66. The second-order valence-corrected chi connectivity index (χ2v) is 4.90. The maximum atomic E-state index is 12.7. The number of esters is 2. The molecule has 2 N–H and O–H groups in total. The van der Waals surface area contributed by atoms with E-state index in [4.69, 9.17) is 9.47 Å². The first kappa shape index (κ1) is 18.5. The highest BCUT2D eigenvalue weighted by Crippen LogP contribution is 2.46. The number of carbonyl (C=O) groups excluding carboxylic acids is 3. The van der Waals surface area contributed by atoms with Crippen molar-refractivity contribution in [1.29, 1.82) is 0 Å². The highest BCUT2D eigenvalue weighted by Gasteiger charge is 2.27. The summed E-state index contributed by atoms with van der Waals surface area (Å²) in [6.45, 7) is 6.45. The molecule has 0 atom stereocenters. The van der Waals surface area contributed by atoms with Crippen molar-refractivity contribution < 1.29 is 34.1 Å². The van der Waals surface area contributed by atoms with Crippen molar-refractivity contribution in [1.82, 2.24) is 0 Å². The monoisotopic (exact) mass is 354 g/mol. The third kappa shape index (κ3) is 3.78. The maximum Gasteiger partial charge on any atom is 0.335 e. The van der Waals surface area contributed by atoms with E-state index in [1.54, 1.807) is 18.2 Å². The van der Waals surface area contributed by atoms with Crippen molar-refractivity contribution in [2.24, 2.45) is 0 Å². The fourth-order valence-corrected chi connectivity index (χ4v) is 2.01. The summed E-state index contributed by atoms with van der Waals surface area (Å²) in [5.74, 6) is -5.44. The van der Waals surface area contributed by atoms with E-state index in [-0.39, 0.29) is 11.1 Å². The van der Waals surface area contributed by atoms with Gasteiger partial charge in [0, 0.05) is 17.7 Å². The van der Waals surface area contributed by atoms with Crippen LogP contribution in [0.25, 0.3) is 0 Å². The first-order chi connectivity index (χ1) is 12.4. The van der Waals surface area contributed by atoms with Gasteiger partial charge in [0.2, 0.25) is 11.5 Å². The number of phenolic OH excluding ortho intramolecular Hbond substituents is 2. The molecule has 0 aliphatic rings. The van der Waals surface area contributed by atoms with Gasteiger partial charge >= 0.3 is 11.9 Å². The molecule has 2 rings (SSSR count). The molecule has 0 unspecified atom stereocenters. The molecule has 0 radical (unpaired) electrons. The Hall–Kier alpha value is -3.87. The summed E-state index contributed by atoms with van der Waals surface area (Å²) in [6.07, 6.45) is 1.61. The summed E-state index contributed by atoms with van der Waals surface area (Å²) in [6, 6.07) is 8.83. The molecule has 0 heterocycles. The summed E-state index contributed by atoms with van der Waals surface area (Å²) in [4.78, 5) is 35.9. The van der Waals surface area contributed by atoms with Crippen LogP contribution in [0.15, 0.2) is 61.7 Å². The molecule has 7 nitrogen and oxygen atoms in total. The molecule has 0 saturated heterocycles.